The second kappa shape index (κ2) is 7.63. The number of pyridine rings is 1. The number of thiazole rings is 1. The van der Waals surface area contributed by atoms with Crippen LogP contribution >= 0.6 is 38.6 Å². The molecule has 0 bridgehead atoms. The number of thiophene rings is 1. The summed E-state index contributed by atoms with van der Waals surface area (Å²) >= 11 is 6.73. The van der Waals surface area contributed by atoms with Gasteiger partial charge in [0.15, 0.2) is 0 Å². The summed E-state index contributed by atoms with van der Waals surface area (Å²) in [7, 11) is 0. The quantitative estimate of drug-likeness (QED) is 0.458. The van der Waals surface area contributed by atoms with Crippen molar-refractivity contribution in [1.82, 2.24) is 9.66 Å². The number of hydrogen-bond donors (Lipinski definition) is 0. The van der Waals surface area contributed by atoms with Gasteiger partial charge in [-0.25, -0.2) is 4.68 Å². The molecule has 0 saturated heterocycles. The van der Waals surface area contributed by atoms with E-state index in [9.17, 15) is 0 Å². The zero-order valence-corrected chi connectivity index (χ0v) is 15.3. The molecule has 3 aromatic heterocycles. The molecule has 0 N–H and O–H groups in total. The van der Waals surface area contributed by atoms with Crippen LogP contribution in [0.15, 0.2) is 68.4 Å². The minimum atomic E-state index is 0.563. The third-order valence-electron chi connectivity index (χ3n) is 2.86. The maximum atomic E-state index is 4.58. The van der Waals surface area contributed by atoms with Crippen LogP contribution in [0, 0.1) is 0 Å². The molecule has 3 heterocycles. The molecule has 0 aliphatic carbocycles. The summed E-state index contributed by atoms with van der Waals surface area (Å²) in [5.41, 5.74) is 1.82. The van der Waals surface area contributed by atoms with E-state index >= 15 is 0 Å². The van der Waals surface area contributed by atoms with Crippen molar-refractivity contribution < 1.29 is 0 Å². The molecule has 7 heteroatoms. The third kappa shape index (κ3) is 3.93. The summed E-state index contributed by atoms with van der Waals surface area (Å²) < 4.78 is 2.93. The Kier molecular flexibility index (Phi) is 5.32. The van der Waals surface area contributed by atoms with Gasteiger partial charge in [0.25, 0.3) is 0 Å². The van der Waals surface area contributed by atoms with Gasteiger partial charge in [0.2, 0.25) is 4.80 Å². The lowest BCUT2D eigenvalue weighted by Crippen LogP contribution is -2.12. The molecule has 0 aliphatic heterocycles. The maximum Gasteiger partial charge on any atom is 0.206 e. The molecular formula is C16H13BrN4S2. The third-order valence-corrected chi connectivity index (χ3v) is 5.36. The van der Waals surface area contributed by atoms with Crippen LogP contribution in [0.3, 0.4) is 0 Å². The number of aromatic nitrogens is 2. The van der Waals surface area contributed by atoms with Crippen LogP contribution in [0.1, 0.15) is 5.69 Å². The fourth-order valence-corrected chi connectivity index (χ4v) is 4.15. The highest BCUT2D eigenvalue weighted by Gasteiger charge is 2.09. The Morgan fingerprint density at radius 2 is 2.22 bits per heavy atom. The van der Waals surface area contributed by atoms with Gasteiger partial charge in [0.05, 0.1) is 32.8 Å². The Bertz CT molecular complexity index is 890. The topological polar surface area (TPSA) is 42.5 Å². The average molecular weight is 405 g/mol. The second-order valence-electron chi connectivity index (χ2n) is 4.45. The summed E-state index contributed by atoms with van der Waals surface area (Å²) in [6.45, 7) is 4.28. The molecule has 0 aliphatic rings. The predicted molar refractivity (Wildman–Crippen MR) is 101 cm³/mol. The van der Waals surface area contributed by atoms with Crippen molar-refractivity contribution in [3.8, 4) is 10.6 Å². The monoisotopic (exact) mass is 404 g/mol. The van der Waals surface area contributed by atoms with E-state index in [1.165, 1.54) is 0 Å². The number of nitrogens with zero attached hydrogens (tertiary/aromatic N) is 4. The van der Waals surface area contributed by atoms with Gasteiger partial charge in [-0.05, 0) is 40.2 Å². The average Bonchev–Trinajstić information content (AvgIpc) is 3.17. The van der Waals surface area contributed by atoms with Gasteiger partial charge < -0.3 is 0 Å². The molecule has 116 valence electrons. The lowest BCUT2D eigenvalue weighted by molar-refractivity contribution is 0.841. The first kappa shape index (κ1) is 16.0. The van der Waals surface area contributed by atoms with Crippen LogP contribution in [-0.2, 0) is 0 Å². The molecule has 3 aromatic rings. The minimum absolute atomic E-state index is 0.563. The van der Waals surface area contributed by atoms with Crippen LogP contribution in [-0.4, -0.2) is 22.4 Å². The van der Waals surface area contributed by atoms with Gasteiger partial charge in [-0.2, -0.15) is 5.10 Å². The molecule has 4 nitrogen and oxygen atoms in total. The summed E-state index contributed by atoms with van der Waals surface area (Å²) in [6, 6.07) is 9.84. The van der Waals surface area contributed by atoms with Crippen molar-refractivity contribution >= 4 is 44.8 Å². The summed E-state index contributed by atoms with van der Waals surface area (Å²) in [5.74, 6) is 0. The summed E-state index contributed by atoms with van der Waals surface area (Å²) in [5, 5.41) is 6.64. The van der Waals surface area contributed by atoms with Gasteiger partial charge in [-0.3, -0.25) is 9.98 Å². The minimum Gasteiger partial charge on any atom is -0.255 e. The first-order chi connectivity index (χ1) is 11.3. The maximum absolute atomic E-state index is 4.58. The van der Waals surface area contributed by atoms with E-state index in [2.05, 4.69) is 49.0 Å². The first-order valence-electron chi connectivity index (χ1n) is 6.81. The van der Waals surface area contributed by atoms with Crippen molar-refractivity contribution in [2.45, 2.75) is 0 Å². The van der Waals surface area contributed by atoms with Gasteiger partial charge in [-0.15, -0.1) is 29.3 Å². The molecular weight excluding hydrogens is 392 g/mol. The molecule has 3 rings (SSSR count). The SMILES string of the molecule is C=CCN=c1scc(-c2ccc(Br)s2)n1/N=C/c1ccccn1. The lowest BCUT2D eigenvalue weighted by atomic mass is 10.4. The van der Waals surface area contributed by atoms with E-state index in [0.717, 1.165) is 24.9 Å². The Balaban J connectivity index is 2.06. The van der Waals surface area contributed by atoms with Crippen LogP contribution in [0.2, 0.25) is 0 Å². The van der Waals surface area contributed by atoms with Crippen LogP contribution in [0.5, 0.6) is 0 Å². The fraction of sp³-hybridized carbons (Fsp3) is 0.0625. The Morgan fingerprint density at radius 1 is 1.30 bits per heavy atom. The standard InChI is InChI=1S/C16H13BrN4S2/c1-2-8-19-16-21(20-10-12-5-3-4-9-18-12)13(11-22-16)14-6-7-15(17)23-14/h2-7,9-11H,1,8H2/b19-16?,20-10+. The smallest absolute Gasteiger partial charge is 0.206 e. The van der Waals surface area contributed by atoms with E-state index in [1.807, 2.05) is 28.9 Å². The van der Waals surface area contributed by atoms with Crippen molar-refractivity contribution in [1.29, 1.82) is 0 Å². The Hall–Kier alpha value is -1.83. The largest absolute Gasteiger partial charge is 0.255 e. The molecule has 0 unspecified atom stereocenters. The van der Waals surface area contributed by atoms with Crippen molar-refractivity contribution in [3.63, 3.8) is 0 Å². The van der Waals surface area contributed by atoms with Crippen molar-refractivity contribution in [2.24, 2.45) is 10.1 Å². The number of hydrogen-bond acceptors (Lipinski definition) is 5. The Labute approximate surface area is 150 Å². The molecule has 0 atom stereocenters. The normalized spacial score (nSPS) is 12.1. The summed E-state index contributed by atoms with van der Waals surface area (Å²) in [6.07, 6.45) is 5.26. The van der Waals surface area contributed by atoms with E-state index < -0.39 is 0 Å². The molecule has 0 spiro atoms. The Morgan fingerprint density at radius 3 is 2.91 bits per heavy atom. The van der Waals surface area contributed by atoms with Crippen molar-refractivity contribution in [3.05, 3.63) is 68.8 Å². The molecule has 0 amide bonds. The van der Waals surface area contributed by atoms with Crippen molar-refractivity contribution in [2.75, 3.05) is 6.54 Å². The van der Waals surface area contributed by atoms with Crippen LogP contribution in [0.25, 0.3) is 10.6 Å². The highest BCUT2D eigenvalue weighted by molar-refractivity contribution is 9.11. The van der Waals surface area contributed by atoms with E-state index in [1.54, 1.807) is 41.2 Å². The second-order valence-corrected chi connectivity index (χ2v) is 7.75. The summed E-state index contributed by atoms with van der Waals surface area (Å²) in [4.78, 5) is 10.7. The first-order valence-corrected chi connectivity index (χ1v) is 9.30. The van der Waals surface area contributed by atoms with Crippen LogP contribution in [0.4, 0.5) is 0 Å². The van der Waals surface area contributed by atoms with E-state index in [0.29, 0.717) is 6.54 Å². The molecule has 0 fully saturated rings. The van der Waals surface area contributed by atoms with Gasteiger partial charge in [-0.1, -0.05) is 12.1 Å². The zero-order chi connectivity index (χ0) is 16.1. The number of halogens is 1. The van der Waals surface area contributed by atoms with E-state index in [-0.39, 0.29) is 0 Å². The van der Waals surface area contributed by atoms with Gasteiger partial charge >= 0.3 is 0 Å². The van der Waals surface area contributed by atoms with E-state index in [4.69, 9.17) is 0 Å². The van der Waals surface area contributed by atoms with Crippen LogP contribution < -0.4 is 4.80 Å². The predicted octanol–water partition coefficient (Wildman–Crippen LogP) is 4.40. The molecule has 23 heavy (non-hydrogen) atoms. The molecule has 0 aromatic carbocycles. The molecule has 0 radical (unpaired) electrons. The molecule has 0 saturated carbocycles. The zero-order valence-electron chi connectivity index (χ0n) is 12.1. The lowest BCUT2D eigenvalue weighted by Gasteiger charge is -2.00. The van der Waals surface area contributed by atoms with Gasteiger partial charge in [0, 0.05) is 11.6 Å². The fourth-order valence-electron chi connectivity index (χ4n) is 1.85. The highest BCUT2D eigenvalue weighted by atomic mass is 79.9. The number of rotatable bonds is 5. The van der Waals surface area contributed by atoms with Gasteiger partial charge in [0.1, 0.15) is 0 Å². The highest BCUT2D eigenvalue weighted by Crippen LogP contribution is 2.31.